The van der Waals surface area contributed by atoms with E-state index < -0.39 is 0 Å². The third-order valence-electron chi connectivity index (χ3n) is 3.84. The lowest BCUT2D eigenvalue weighted by Crippen LogP contribution is -2.28. The van der Waals surface area contributed by atoms with Crippen LogP contribution in [-0.4, -0.2) is 42.0 Å². The van der Waals surface area contributed by atoms with Gasteiger partial charge in [0, 0.05) is 32.4 Å². The van der Waals surface area contributed by atoms with Gasteiger partial charge in [0.1, 0.15) is 0 Å². The molecule has 18 heavy (non-hydrogen) atoms. The summed E-state index contributed by atoms with van der Waals surface area (Å²) in [4.78, 5) is 20.8. The molecule has 4 nitrogen and oxygen atoms in total. The van der Waals surface area contributed by atoms with Gasteiger partial charge in [0.25, 0.3) is 5.91 Å². The van der Waals surface area contributed by atoms with Crippen LogP contribution in [0.2, 0.25) is 0 Å². The Morgan fingerprint density at radius 2 is 1.67 bits per heavy atom. The van der Waals surface area contributed by atoms with Crippen molar-refractivity contribution < 1.29 is 4.79 Å². The van der Waals surface area contributed by atoms with E-state index in [0.29, 0.717) is 0 Å². The fourth-order valence-electron chi connectivity index (χ4n) is 2.80. The molecule has 0 aromatic carbocycles. The highest BCUT2D eigenvalue weighted by atomic mass is 16.2. The van der Waals surface area contributed by atoms with Crippen LogP contribution in [0.5, 0.6) is 0 Å². The van der Waals surface area contributed by atoms with Gasteiger partial charge < -0.3 is 9.80 Å². The highest BCUT2D eigenvalue weighted by molar-refractivity contribution is 5.94. The number of anilines is 1. The van der Waals surface area contributed by atoms with Gasteiger partial charge in [-0.2, -0.15) is 0 Å². The maximum absolute atomic E-state index is 12.3. The summed E-state index contributed by atoms with van der Waals surface area (Å²) in [6.07, 6.45) is 8.30. The number of amides is 1. The summed E-state index contributed by atoms with van der Waals surface area (Å²) in [6.45, 7) is 3.96. The maximum Gasteiger partial charge on any atom is 0.255 e. The fraction of sp³-hybridized carbons (Fsp3) is 0.571. The van der Waals surface area contributed by atoms with Crippen LogP contribution >= 0.6 is 0 Å². The lowest BCUT2D eigenvalue weighted by Gasteiger charge is -2.19. The fourth-order valence-corrected chi connectivity index (χ4v) is 2.80. The molecule has 0 unspecified atom stereocenters. The van der Waals surface area contributed by atoms with Gasteiger partial charge in [-0.05, 0) is 31.7 Å². The smallest absolute Gasteiger partial charge is 0.255 e. The molecule has 0 atom stereocenters. The van der Waals surface area contributed by atoms with Gasteiger partial charge in [-0.25, -0.2) is 0 Å². The van der Waals surface area contributed by atoms with Crippen molar-refractivity contribution in [1.29, 1.82) is 0 Å². The van der Waals surface area contributed by atoms with Crippen molar-refractivity contribution in [2.24, 2.45) is 0 Å². The van der Waals surface area contributed by atoms with Gasteiger partial charge in [-0.15, -0.1) is 0 Å². The first kappa shape index (κ1) is 11.5. The molecular weight excluding hydrogens is 226 g/mol. The average molecular weight is 245 g/mol. The Bertz CT molecular complexity index is 434. The molecule has 0 aliphatic carbocycles. The number of hydrogen-bond donors (Lipinski definition) is 0. The van der Waals surface area contributed by atoms with Crippen LogP contribution in [-0.2, 0) is 0 Å². The summed E-state index contributed by atoms with van der Waals surface area (Å²) >= 11 is 0. The zero-order valence-electron chi connectivity index (χ0n) is 10.6. The normalized spacial score (nSPS) is 19.6. The van der Waals surface area contributed by atoms with Gasteiger partial charge in [-0.3, -0.25) is 9.78 Å². The molecule has 2 aliphatic rings. The van der Waals surface area contributed by atoms with Crippen LogP contribution in [0.3, 0.4) is 0 Å². The molecule has 0 bridgehead atoms. The second kappa shape index (κ2) is 4.96. The van der Waals surface area contributed by atoms with E-state index in [1.54, 1.807) is 6.20 Å². The minimum atomic E-state index is 0.140. The molecular formula is C14H19N3O. The number of rotatable bonds is 2. The van der Waals surface area contributed by atoms with Crippen molar-refractivity contribution >= 4 is 11.6 Å². The van der Waals surface area contributed by atoms with Crippen molar-refractivity contribution in [2.45, 2.75) is 25.7 Å². The number of nitrogens with zero attached hydrogens (tertiary/aromatic N) is 3. The van der Waals surface area contributed by atoms with E-state index in [4.69, 9.17) is 0 Å². The van der Waals surface area contributed by atoms with Crippen molar-refractivity contribution in [2.75, 3.05) is 31.1 Å². The third-order valence-corrected chi connectivity index (χ3v) is 3.84. The van der Waals surface area contributed by atoms with Crippen molar-refractivity contribution in [3.63, 3.8) is 0 Å². The second-order valence-electron chi connectivity index (χ2n) is 5.13. The minimum absolute atomic E-state index is 0.140. The van der Waals surface area contributed by atoms with Gasteiger partial charge in [0.2, 0.25) is 0 Å². The Labute approximate surface area is 108 Å². The van der Waals surface area contributed by atoms with Crippen molar-refractivity contribution in [3.05, 3.63) is 24.0 Å². The van der Waals surface area contributed by atoms with Crippen LogP contribution in [0, 0.1) is 0 Å². The number of aromatic nitrogens is 1. The molecule has 2 saturated heterocycles. The monoisotopic (exact) mass is 245 g/mol. The highest BCUT2D eigenvalue weighted by Crippen LogP contribution is 2.21. The first-order valence-electron chi connectivity index (χ1n) is 6.84. The predicted molar refractivity (Wildman–Crippen MR) is 70.8 cm³/mol. The van der Waals surface area contributed by atoms with Crippen LogP contribution in [0.25, 0.3) is 0 Å². The van der Waals surface area contributed by atoms with Crippen molar-refractivity contribution in [1.82, 2.24) is 9.88 Å². The Morgan fingerprint density at radius 1 is 1.00 bits per heavy atom. The molecule has 0 radical (unpaired) electrons. The van der Waals surface area contributed by atoms with E-state index >= 15 is 0 Å². The topological polar surface area (TPSA) is 36.4 Å². The summed E-state index contributed by atoms with van der Waals surface area (Å²) in [7, 11) is 0. The molecule has 4 heteroatoms. The van der Waals surface area contributed by atoms with Gasteiger partial charge in [0.05, 0.1) is 17.4 Å². The van der Waals surface area contributed by atoms with Crippen LogP contribution in [0.1, 0.15) is 36.0 Å². The predicted octanol–water partition coefficient (Wildman–Crippen LogP) is 1.92. The molecule has 0 N–H and O–H groups in total. The standard InChI is InChI=1S/C14H19N3O/c18-14(17-7-3-4-8-17)12-9-13(11-15-10-12)16-5-1-2-6-16/h9-11H,1-8H2. The van der Waals surface area contributed by atoms with E-state index in [-0.39, 0.29) is 5.91 Å². The van der Waals surface area contributed by atoms with E-state index in [1.807, 2.05) is 17.2 Å². The molecule has 96 valence electrons. The molecule has 2 fully saturated rings. The highest BCUT2D eigenvalue weighted by Gasteiger charge is 2.21. The first-order valence-corrected chi connectivity index (χ1v) is 6.84. The molecule has 0 spiro atoms. The Kier molecular flexibility index (Phi) is 3.17. The number of carbonyl (C=O) groups excluding carboxylic acids is 1. The summed E-state index contributed by atoms with van der Waals surface area (Å²) < 4.78 is 0. The van der Waals surface area contributed by atoms with Crippen molar-refractivity contribution in [3.8, 4) is 0 Å². The molecule has 1 aromatic heterocycles. The lowest BCUT2D eigenvalue weighted by molar-refractivity contribution is 0.0792. The van der Waals surface area contributed by atoms with Crippen LogP contribution in [0.4, 0.5) is 5.69 Å². The SMILES string of the molecule is O=C(c1cncc(N2CCCC2)c1)N1CCCC1. The number of pyridine rings is 1. The molecule has 2 aliphatic heterocycles. The molecule has 1 amide bonds. The van der Waals surface area contributed by atoms with E-state index in [2.05, 4.69) is 9.88 Å². The summed E-state index contributed by atoms with van der Waals surface area (Å²) in [5.74, 6) is 0.140. The number of carbonyl (C=O) groups is 1. The van der Waals surface area contributed by atoms with Crippen LogP contribution in [0.15, 0.2) is 18.5 Å². The molecule has 1 aromatic rings. The average Bonchev–Trinajstić information content (AvgIpc) is 3.11. The van der Waals surface area contributed by atoms with Gasteiger partial charge >= 0.3 is 0 Å². The number of likely N-dealkylation sites (tertiary alicyclic amines) is 1. The van der Waals surface area contributed by atoms with E-state index in [0.717, 1.165) is 50.3 Å². The zero-order valence-corrected chi connectivity index (χ0v) is 10.6. The van der Waals surface area contributed by atoms with E-state index in [9.17, 15) is 4.79 Å². The number of hydrogen-bond acceptors (Lipinski definition) is 3. The van der Waals surface area contributed by atoms with E-state index in [1.165, 1.54) is 12.8 Å². The summed E-state index contributed by atoms with van der Waals surface area (Å²) in [5, 5.41) is 0. The third kappa shape index (κ3) is 2.19. The quantitative estimate of drug-likeness (QED) is 0.798. The summed E-state index contributed by atoms with van der Waals surface area (Å²) in [6, 6.07) is 2.00. The van der Waals surface area contributed by atoms with Crippen LogP contribution < -0.4 is 4.90 Å². The minimum Gasteiger partial charge on any atom is -0.370 e. The lowest BCUT2D eigenvalue weighted by atomic mass is 10.2. The zero-order chi connectivity index (χ0) is 12.4. The Hall–Kier alpha value is -1.58. The maximum atomic E-state index is 12.3. The largest absolute Gasteiger partial charge is 0.370 e. The summed E-state index contributed by atoms with van der Waals surface area (Å²) in [5.41, 5.74) is 1.83. The molecule has 3 heterocycles. The first-order chi connectivity index (χ1) is 8.84. The van der Waals surface area contributed by atoms with Gasteiger partial charge in [-0.1, -0.05) is 0 Å². The Balaban J connectivity index is 1.79. The molecule has 0 saturated carbocycles. The second-order valence-corrected chi connectivity index (χ2v) is 5.13. The Morgan fingerprint density at radius 3 is 2.39 bits per heavy atom. The van der Waals surface area contributed by atoms with Gasteiger partial charge in [0.15, 0.2) is 0 Å². The molecule has 3 rings (SSSR count).